The van der Waals surface area contributed by atoms with Crippen molar-refractivity contribution in [2.75, 3.05) is 11.5 Å². The van der Waals surface area contributed by atoms with Crippen LogP contribution < -0.4 is 0 Å². The second-order valence-corrected chi connectivity index (χ2v) is 8.57. The fraction of sp³-hybridized carbons (Fsp3) is 0.913. The molecule has 144 valence electrons. The van der Waals surface area contributed by atoms with Crippen LogP contribution in [0, 0.1) is 0 Å². The Morgan fingerprint density at radius 3 is 1.33 bits per heavy atom. The Bertz CT molecular complexity index is 224. The van der Waals surface area contributed by atoms with Crippen LogP contribution in [0.25, 0.3) is 0 Å². The SMILES string of the molecule is C=CCCCSCCCCCCCCCCCCCCCCCC. The van der Waals surface area contributed by atoms with Crippen LogP contribution >= 0.6 is 11.8 Å². The van der Waals surface area contributed by atoms with E-state index < -0.39 is 0 Å². The molecule has 0 aromatic rings. The van der Waals surface area contributed by atoms with E-state index in [1.165, 1.54) is 127 Å². The van der Waals surface area contributed by atoms with E-state index >= 15 is 0 Å². The second-order valence-electron chi connectivity index (χ2n) is 7.35. The average Bonchev–Trinajstić information content (AvgIpc) is 2.60. The molecule has 0 amide bonds. The van der Waals surface area contributed by atoms with E-state index in [1.54, 1.807) is 0 Å². The molecule has 0 unspecified atom stereocenters. The van der Waals surface area contributed by atoms with Gasteiger partial charge in [-0.15, -0.1) is 6.58 Å². The highest BCUT2D eigenvalue weighted by Crippen LogP contribution is 2.14. The second kappa shape index (κ2) is 23.1. The first-order valence-electron chi connectivity index (χ1n) is 11.1. The minimum atomic E-state index is 1.19. The number of allylic oxidation sites excluding steroid dienone is 1. The summed E-state index contributed by atoms with van der Waals surface area (Å²) in [5.41, 5.74) is 0. The smallest absolute Gasteiger partial charge is 0.00646 e. The molecular weight excluding hydrogens is 308 g/mol. The van der Waals surface area contributed by atoms with Gasteiger partial charge in [0.25, 0.3) is 0 Å². The Balaban J connectivity index is 2.94. The fourth-order valence-corrected chi connectivity index (χ4v) is 4.17. The number of hydrogen-bond donors (Lipinski definition) is 0. The van der Waals surface area contributed by atoms with Crippen molar-refractivity contribution in [1.29, 1.82) is 0 Å². The van der Waals surface area contributed by atoms with Crippen molar-refractivity contribution in [2.24, 2.45) is 0 Å². The van der Waals surface area contributed by atoms with Crippen molar-refractivity contribution in [3.63, 3.8) is 0 Å². The van der Waals surface area contributed by atoms with Gasteiger partial charge in [-0.2, -0.15) is 11.8 Å². The topological polar surface area (TPSA) is 0 Å². The Labute approximate surface area is 158 Å². The monoisotopic (exact) mass is 354 g/mol. The van der Waals surface area contributed by atoms with E-state index in [9.17, 15) is 0 Å². The molecule has 0 aliphatic heterocycles. The first kappa shape index (κ1) is 24.1. The molecule has 0 aromatic carbocycles. The van der Waals surface area contributed by atoms with Crippen LogP contribution in [-0.2, 0) is 0 Å². The molecule has 0 rings (SSSR count). The molecule has 0 spiro atoms. The van der Waals surface area contributed by atoms with Gasteiger partial charge < -0.3 is 0 Å². The Morgan fingerprint density at radius 1 is 0.542 bits per heavy atom. The van der Waals surface area contributed by atoms with Gasteiger partial charge in [0.2, 0.25) is 0 Å². The lowest BCUT2D eigenvalue weighted by molar-refractivity contribution is 0.531. The largest absolute Gasteiger partial charge is 0.162 e. The van der Waals surface area contributed by atoms with Gasteiger partial charge in [0.05, 0.1) is 0 Å². The van der Waals surface area contributed by atoms with Crippen LogP contribution in [-0.4, -0.2) is 11.5 Å². The summed E-state index contributed by atoms with van der Waals surface area (Å²) in [6, 6.07) is 0. The third-order valence-electron chi connectivity index (χ3n) is 4.84. The third kappa shape index (κ3) is 22.1. The van der Waals surface area contributed by atoms with E-state index in [4.69, 9.17) is 0 Å². The van der Waals surface area contributed by atoms with E-state index in [0.717, 1.165) is 0 Å². The first-order valence-corrected chi connectivity index (χ1v) is 12.3. The van der Waals surface area contributed by atoms with Gasteiger partial charge in [0.15, 0.2) is 0 Å². The number of unbranched alkanes of at least 4 members (excludes halogenated alkanes) is 16. The number of hydrogen-bond acceptors (Lipinski definition) is 1. The highest BCUT2D eigenvalue weighted by atomic mass is 32.2. The van der Waals surface area contributed by atoms with Crippen molar-refractivity contribution in [2.45, 2.75) is 122 Å². The van der Waals surface area contributed by atoms with Crippen LogP contribution in [0.3, 0.4) is 0 Å². The molecule has 0 N–H and O–H groups in total. The predicted molar refractivity (Wildman–Crippen MR) is 116 cm³/mol. The zero-order valence-corrected chi connectivity index (χ0v) is 17.7. The first-order chi connectivity index (χ1) is 11.9. The summed E-state index contributed by atoms with van der Waals surface area (Å²) < 4.78 is 0. The Morgan fingerprint density at radius 2 is 0.917 bits per heavy atom. The molecule has 24 heavy (non-hydrogen) atoms. The zero-order chi connectivity index (χ0) is 17.6. The molecule has 1 heteroatoms. The van der Waals surface area contributed by atoms with Gasteiger partial charge in [0, 0.05) is 0 Å². The van der Waals surface area contributed by atoms with Gasteiger partial charge in [-0.05, 0) is 30.8 Å². The Kier molecular flexibility index (Phi) is 23.2. The van der Waals surface area contributed by atoms with E-state index in [2.05, 4.69) is 25.3 Å². The molecule has 0 aliphatic carbocycles. The van der Waals surface area contributed by atoms with Crippen molar-refractivity contribution in [1.82, 2.24) is 0 Å². The summed E-state index contributed by atoms with van der Waals surface area (Å²) in [6.45, 7) is 6.07. The lowest BCUT2D eigenvalue weighted by atomic mass is 10.0. The summed E-state index contributed by atoms with van der Waals surface area (Å²) >= 11 is 2.13. The predicted octanol–water partition coefficient (Wildman–Crippen LogP) is 8.95. The van der Waals surface area contributed by atoms with Crippen LogP contribution in [0.2, 0.25) is 0 Å². The third-order valence-corrected chi connectivity index (χ3v) is 5.99. The molecule has 0 aliphatic rings. The summed E-state index contributed by atoms with van der Waals surface area (Å²) in [7, 11) is 0. The quantitative estimate of drug-likeness (QED) is 0.146. The molecule has 0 radical (unpaired) electrons. The standard InChI is InChI=1S/C23H46S/c1-3-5-7-8-9-10-11-12-13-14-15-16-17-18-19-21-23-24-22-20-6-4-2/h4H,2-3,5-23H2,1H3. The molecule has 0 fully saturated rings. The fourth-order valence-electron chi connectivity index (χ4n) is 3.18. The van der Waals surface area contributed by atoms with Gasteiger partial charge >= 0.3 is 0 Å². The molecule has 0 saturated carbocycles. The summed E-state index contributed by atoms with van der Waals surface area (Å²) in [5.74, 6) is 2.69. The summed E-state index contributed by atoms with van der Waals surface area (Å²) in [5, 5.41) is 0. The lowest BCUT2D eigenvalue weighted by Crippen LogP contribution is -1.86. The molecule has 0 bridgehead atoms. The Hall–Kier alpha value is 0.0900. The van der Waals surface area contributed by atoms with Gasteiger partial charge in [-0.3, -0.25) is 0 Å². The van der Waals surface area contributed by atoms with Crippen LogP contribution in [0.15, 0.2) is 12.7 Å². The van der Waals surface area contributed by atoms with E-state index in [-0.39, 0.29) is 0 Å². The highest BCUT2D eigenvalue weighted by Gasteiger charge is 1.95. The molecule has 0 nitrogen and oxygen atoms in total. The van der Waals surface area contributed by atoms with Crippen LogP contribution in [0.5, 0.6) is 0 Å². The highest BCUT2D eigenvalue weighted by molar-refractivity contribution is 7.99. The van der Waals surface area contributed by atoms with Crippen LogP contribution in [0.4, 0.5) is 0 Å². The summed E-state index contributed by atoms with van der Waals surface area (Å²) in [6.07, 6.45) is 27.9. The maximum atomic E-state index is 3.77. The normalized spacial score (nSPS) is 11.0. The number of thioether (sulfide) groups is 1. The number of rotatable bonds is 21. The minimum absolute atomic E-state index is 1.19. The molecule has 0 saturated heterocycles. The summed E-state index contributed by atoms with van der Waals surface area (Å²) in [4.78, 5) is 0. The van der Waals surface area contributed by atoms with Crippen molar-refractivity contribution < 1.29 is 0 Å². The van der Waals surface area contributed by atoms with Crippen molar-refractivity contribution in [3.05, 3.63) is 12.7 Å². The maximum absolute atomic E-state index is 3.77. The zero-order valence-electron chi connectivity index (χ0n) is 16.8. The lowest BCUT2D eigenvalue weighted by Gasteiger charge is -2.04. The maximum Gasteiger partial charge on any atom is -0.00646 e. The van der Waals surface area contributed by atoms with Crippen LogP contribution in [0.1, 0.15) is 122 Å². The van der Waals surface area contributed by atoms with E-state index in [1.807, 2.05) is 6.08 Å². The molecular formula is C23H46S. The van der Waals surface area contributed by atoms with Crippen molar-refractivity contribution in [3.8, 4) is 0 Å². The molecule has 0 heterocycles. The van der Waals surface area contributed by atoms with Gasteiger partial charge in [0.1, 0.15) is 0 Å². The average molecular weight is 355 g/mol. The minimum Gasteiger partial charge on any atom is -0.162 e. The van der Waals surface area contributed by atoms with Crippen molar-refractivity contribution >= 4 is 11.8 Å². The van der Waals surface area contributed by atoms with Gasteiger partial charge in [-0.1, -0.05) is 109 Å². The van der Waals surface area contributed by atoms with Gasteiger partial charge in [-0.25, -0.2) is 0 Å². The van der Waals surface area contributed by atoms with E-state index in [0.29, 0.717) is 0 Å². The molecule has 0 atom stereocenters. The molecule has 0 aromatic heterocycles.